The van der Waals surface area contributed by atoms with Crippen molar-refractivity contribution in [3.63, 3.8) is 0 Å². The van der Waals surface area contributed by atoms with Gasteiger partial charge in [0.2, 0.25) is 0 Å². The molecule has 0 aliphatic heterocycles. The van der Waals surface area contributed by atoms with Gasteiger partial charge in [0.15, 0.2) is 5.76 Å². The second-order valence-electron chi connectivity index (χ2n) is 9.58. The molecular formula is C30H36O8. The summed E-state index contributed by atoms with van der Waals surface area (Å²) < 4.78 is 10.9. The minimum atomic E-state index is -0.546. The molecule has 1 atom stereocenters. The Morgan fingerprint density at radius 2 is 1.37 bits per heavy atom. The fourth-order valence-corrected chi connectivity index (χ4v) is 5.05. The second kappa shape index (κ2) is 13.9. The van der Waals surface area contributed by atoms with Gasteiger partial charge < -0.3 is 9.47 Å². The van der Waals surface area contributed by atoms with E-state index in [0.29, 0.717) is 53.4 Å². The number of benzene rings is 2. The molecule has 2 aliphatic carbocycles. The standard InChI is InChI=1S/C30H36O8/c1-3-33-27-9-5-7-23(19-27)29(31)37-35-25-15-11-21(12-16-25)22-13-17-26(18-14-22)36-38-30(32)24-8-6-10-28(20-24)34-4-2/h5-10,15,19-22,26H,3-4,11-14,16-18H2,1-2H3. The van der Waals surface area contributed by atoms with Gasteiger partial charge in [0.1, 0.15) is 17.6 Å². The fourth-order valence-electron chi connectivity index (χ4n) is 5.05. The zero-order chi connectivity index (χ0) is 26.7. The van der Waals surface area contributed by atoms with Crippen LogP contribution in [0.5, 0.6) is 11.5 Å². The molecule has 0 saturated heterocycles. The minimum Gasteiger partial charge on any atom is -0.494 e. The van der Waals surface area contributed by atoms with Gasteiger partial charge >= 0.3 is 11.9 Å². The van der Waals surface area contributed by atoms with Crippen molar-refractivity contribution in [3.8, 4) is 11.5 Å². The van der Waals surface area contributed by atoms with Gasteiger partial charge in [-0.05, 0) is 107 Å². The van der Waals surface area contributed by atoms with Crippen LogP contribution >= 0.6 is 0 Å². The molecule has 2 aromatic rings. The Morgan fingerprint density at radius 3 is 1.92 bits per heavy atom. The Hall–Kier alpha value is -3.52. The number of carbonyl (C=O) groups excluding carboxylic acids is 2. The van der Waals surface area contributed by atoms with E-state index in [1.807, 2.05) is 19.9 Å². The summed E-state index contributed by atoms with van der Waals surface area (Å²) in [5, 5.41) is 0. The largest absolute Gasteiger partial charge is 0.494 e. The summed E-state index contributed by atoms with van der Waals surface area (Å²) in [7, 11) is 0. The molecule has 8 heteroatoms. The highest BCUT2D eigenvalue weighted by Gasteiger charge is 2.30. The summed E-state index contributed by atoms with van der Waals surface area (Å²) in [6, 6.07) is 13.7. The molecule has 4 rings (SSSR count). The molecule has 0 N–H and O–H groups in total. The van der Waals surface area contributed by atoms with E-state index in [0.717, 1.165) is 44.9 Å². The van der Waals surface area contributed by atoms with Gasteiger partial charge in [-0.1, -0.05) is 12.1 Å². The van der Waals surface area contributed by atoms with E-state index in [2.05, 4.69) is 0 Å². The van der Waals surface area contributed by atoms with Crippen LogP contribution in [0.1, 0.15) is 79.5 Å². The van der Waals surface area contributed by atoms with Crippen LogP contribution in [-0.4, -0.2) is 31.3 Å². The molecule has 8 nitrogen and oxygen atoms in total. The predicted octanol–water partition coefficient (Wildman–Crippen LogP) is 6.60. The monoisotopic (exact) mass is 524 g/mol. The van der Waals surface area contributed by atoms with Crippen molar-refractivity contribution >= 4 is 11.9 Å². The van der Waals surface area contributed by atoms with Crippen LogP contribution in [0.15, 0.2) is 60.4 Å². The lowest BCUT2D eigenvalue weighted by Crippen LogP contribution is -2.28. The van der Waals surface area contributed by atoms with Gasteiger partial charge in [-0.25, -0.2) is 14.5 Å². The first kappa shape index (κ1) is 27.5. The Labute approximate surface area is 223 Å². The molecule has 2 aliphatic rings. The Kier molecular flexibility index (Phi) is 10.0. The summed E-state index contributed by atoms with van der Waals surface area (Å²) in [6.07, 6.45) is 8.24. The third-order valence-electron chi connectivity index (χ3n) is 7.04. The molecule has 0 aromatic heterocycles. The zero-order valence-electron chi connectivity index (χ0n) is 22.1. The highest BCUT2D eigenvalue weighted by atomic mass is 17.2. The molecule has 0 radical (unpaired) electrons. The molecular weight excluding hydrogens is 488 g/mol. The van der Waals surface area contributed by atoms with Crippen molar-refractivity contribution in [3.05, 3.63) is 71.5 Å². The number of ether oxygens (including phenoxy) is 2. The van der Waals surface area contributed by atoms with Crippen LogP contribution in [0.4, 0.5) is 0 Å². The first-order valence-electron chi connectivity index (χ1n) is 13.5. The molecule has 38 heavy (non-hydrogen) atoms. The zero-order valence-corrected chi connectivity index (χ0v) is 22.1. The van der Waals surface area contributed by atoms with E-state index >= 15 is 0 Å². The van der Waals surface area contributed by atoms with Gasteiger partial charge in [0.25, 0.3) is 0 Å². The van der Waals surface area contributed by atoms with Crippen LogP contribution in [-0.2, 0) is 19.6 Å². The molecule has 2 aromatic carbocycles. The predicted molar refractivity (Wildman–Crippen MR) is 139 cm³/mol. The highest BCUT2D eigenvalue weighted by molar-refractivity contribution is 5.89. The number of carbonyl (C=O) groups is 2. The molecule has 1 fully saturated rings. The average molecular weight is 525 g/mol. The number of hydrogen-bond donors (Lipinski definition) is 0. The molecule has 0 bridgehead atoms. The summed E-state index contributed by atoms with van der Waals surface area (Å²) in [4.78, 5) is 45.7. The van der Waals surface area contributed by atoms with Crippen LogP contribution in [0, 0.1) is 11.8 Å². The maximum absolute atomic E-state index is 12.3. The number of allylic oxidation sites excluding steroid dienone is 2. The maximum atomic E-state index is 12.3. The van der Waals surface area contributed by atoms with Gasteiger partial charge in [0, 0.05) is 6.42 Å². The average Bonchev–Trinajstić information content (AvgIpc) is 2.96. The summed E-state index contributed by atoms with van der Waals surface area (Å²) in [5.41, 5.74) is 0.787. The van der Waals surface area contributed by atoms with Gasteiger partial charge in [0.05, 0.1) is 24.3 Å². The van der Waals surface area contributed by atoms with Crippen LogP contribution in [0.25, 0.3) is 0 Å². The molecule has 1 saturated carbocycles. The van der Waals surface area contributed by atoms with Gasteiger partial charge in [-0.3, -0.25) is 9.78 Å². The van der Waals surface area contributed by atoms with Crippen LogP contribution in [0.2, 0.25) is 0 Å². The van der Waals surface area contributed by atoms with Crippen molar-refractivity contribution in [1.82, 2.24) is 0 Å². The van der Waals surface area contributed by atoms with E-state index < -0.39 is 11.9 Å². The van der Waals surface area contributed by atoms with E-state index in [4.69, 9.17) is 29.0 Å². The first-order chi connectivity index (χ1) is 18.6. The lowest BCUT2D eigenvalue weighted by atomic mass is 9.74. The first-order valence-corrected chi connectivity index (χ1v) is 13.5. The van der Waals surface area contributed by atoms with Crippen molar-refractivity contribution in [2.75, 3.05) is 13.2 Å². The number of hydrogen-bond acceptors (Lipinski definition) is 8. The van der Waals surface area contributed by atoms with Crippen molar-refractivity contribution < 1.29 is 38.6 Å². The van der Waals surface area contributed by atoms with Crippen molar-refractivity contribution in [2.24, 2.45) is 11.8 Å². The topological polar surface area (TPSA) is 89.5 Å². The van der Waals surface area contributed by atoms with E-state index in [-0.39, 0.29) is 6.10 Å². The third kappa shape index (κ3) is 7.74. The fraction of sp³-hybridized carbons (Fsp3) is 0.467. The summed E-state index contributed by atoms with van der Waals surface area (Å²) >= 11 is 0. The smallest absolute Gasteiger partial charge is 0.386 e. The van der Waals surface area contributed by atoms with Gasteiger partial charge in [-0.2, -0.15) is 4.89 Å². The Bertz CT molecular complexity index is 1100. The number of rotatable bonds is 11. The van der Waals surface area contributed by atoms with E-state index in [1.54, 1.807) is 48.5 Å². The SMILES string of the molecule is CCOc1cccc(C(=O)OOC2=CCC(C3CCC(OOC(=O)c4cccc(OCC)c4)CC3)CC2)c1. The summed E-state index contributed by atoms with van der Waals surface area (Å²) in [6.45, 7) is 4.83. The molecule has 0 amide bonds. The van der Waals surface area contributed by atoms with Crippen molar-refractivity contribution in [2.45, 2.75) is 64.9 Å². The Balaban J connectivity index is 1.16. The molecule has 0 spiro atoms. The maximum Gasteiger partial charge on any atom is 0.386 e. The van der Waals surface area contributed by atoms with E-state index in [1.165, 1.54) is 0 Å². The Morgan fingerprint density at radius 1 is 0.763 bits per heavy atom. The molecule has 204 valence electrons. The summed E-state index contributed by atoms with van der Waals surface area (Å²) in [5.74, 6) is 2.00. The lowest BCUT2D eigenvalue weighted by Gasteiger charge is -2.34. The highest BCUT2D eigenvalue weighted by Crippen LogP contribution is 2.39. The van der Waals surface area contributed by atoms with Crippen LogP contribution < -0.4 is 9.47 Å². The third-order valence-corrected chi connectivity index (χ3v) is 7.04. The second-order valence-corrected chi connectivity index (χ2v) is 9.58. The minimum absolute atomic E-state index is 0.0936. The lowest BCUT2D eigenvalue weighted by molar-refractivity contribution is -0.281. The molecule has 0 heterocycles. The normalized spacial score (nSPS) is 21.1. The quantitative estimate of drug-likeness (QED) is 0.240. The van der Waals surface area contributed by atoms with E-state index in [9.17, 15) is 9.59 Å². The molecule has 1 unspecified atom stereocenters. The van der Waals surface area contributed by atoms with Crippen molar-refractivity contribution in [1.29, 1.82) is 0 Å². The van der Waals surface area contributed by atoms with Crippen LogP contribution in [0.3, 0.4) is 0 Å². The van der Waals surface area contributed by atoms with Gasteiger partial charge in [-0.15, -0.1) is 0 Å².